The fourth-order valence-corrected chi connectivity index (χ4v) is 5.11. The van der Waals surface area contributed by atoms with Crippen LogP contribution in [0.15, 0.2) is 36.4 Å². The zero-order chi connectivity index (χ0) is 29.7. The van der Waals surface area contributed by atoms with Gasteiger partial charge < -0.3 is 25.1 Å². The Hall–Kier alpha value is -3.52. The number of rotatable bonds is 5. The molecule has 14 heteroatoms. The Bertz CT molecular complexity index is 1320. The fourth-order valence-electron chi connectivity index (χ4n) is 4.54. The van der Waals surface area contributed by atoms with E-state index in [9.17, 15) is 26.4 Å². The van der Waals surface area contributed by atoms with Crippen LogP contribution >= 0.6 is 0 Å². The molecule has 0 aromatic heterocycles. The largest absolute Gasteiger partial charge is 0.490 e. The molecule has 0 spiro atoms. The summed E-state index contributed by atoms with van der Waals surface area (Å²) in [5.74, 6) is -2.83. The lowest BCUT2D eigenvalue weighted by Gasteiger charge is -2.37. The molecule has 0 atom stereocenters. The molecule has 0 aliphatic carbocycles. The molecular formula is C26H34F3N5O5S. The van der Waals surface area contributed by atoms with Gasteiger partial charge in [0.2, 0.25) is 10.0 Å². The SMILES string of the molecule is Cc1cccc(N2CCN(C(=O)c3ccc(N4CCNCC4)c(NS(C)(=O)=O)c3)CC2)c1C.O=C(O)C(F)(F)F. The summed E-state index contributed by atoms with van der Waals surface area (Å²) in [6.07, 6.45) is -3.95. The second-order valence-electron chi connectivity index (χ2n) is 9.64. The number of amides is 1. The first-order valence-corrected chi connectivity index (χ1v) is 14.5. The van der Waals surface area contributed by atoms with Crippen LogP contribution < -0.4 is 19.8 Å². The summed E-state index contributed by atoms with van der Waals surface area (Å²) in [5, 5.41) is 10.4. The highest BCUT2D eigenvalue weighted by Crippen LogP contribution is 2.30. The van der Waals surface area contributed by atoms with Gasteiger partial charge in [-0.1, -0.05) is 12.1 Å². The second-order valence-corrected chi connectivity index (χ2v) is 11.4. The molecule has 0 unspecified atom stereocenters. The number of benzene rings is 2. The lowest BCUT2D eigenvalue weighted by molar-refractivity contribution is -0.192. The number of carboxylic acids is 1. The Labute approximate surface area is 231 Å². The van der Waals surface area contributed by atoms with Crippen molar-refractivity contribution < 1.29 is 36.3 Å². The number of halogens is 3. The van der Waals surface area contributed by atoms with E-state index in [1.807, 2.05) is 17.0 Å². The van der Waals surface area contributed by atoms with Crippen molar-refractivity contribution in [2.45, 2.75) is 20.0 Å². The van der Waals surface area contributed by atoms with Crippen molar-refractivity contribution in [3.05, 3.63) is 53.1 Å². The minimum absolute atomic E-state index is 0.0703. The number of piperazine rings is 2. The van der Waals surface area contributed by atoms with Gasteiger partial charge in [-0.05, 0) is 49.2 Å². The van der Waals surface area contributed by atoms with E-state index in [1.54, 1.807) is 6.07 Å². The Morgan fingerprint density at radius 2 is 1.50 bits per heavy atom. The van der Waals surface area contributed by atoms with Gasteiger partial charge in [0, 0.05) is 63.6 Å². The molecular weight excluding hydrogens is 551 g/mol. The highest BCUT2D eigenvalue weighted by Gasteiger charge is 2.38. The quantitative estimate of drug-likeness (QED) is 0.490. The minimum atomic E-state index is -5.08. The first kappa shape index (κ1) is 31.0. The molecule has 2 fully saturated rings. The number of aliphatic carboxylic acids is 1. The Morgan fingerprint density at radius 1 is 0.925 bits per heavy atom. The summed E-state index contributed by atoms with van der Waals surface area (Å²) in [6, 6.07) is 11.7. The van der Waals surface area contributed by atoms with Gasteiger partial charge in [0.15, 0.2) is 0 Å². The molecule has 1 amide bonds. The molecule has 40 heavy (non-hydrogen) atoms. The van der Waals surface area contributed by atoms with Crippen molar-refractivity contribution in [3.8, 4) is 0 Å². The summed E-state index contributed by atoms with van der Waals surface area (Å²) in [6.45, 7) is 10.3. The molecule has 2 heterocycles. The Morgan fingerprint density at radius 3 is 2.05 bits per heavy atom. The van der Waals surface area contributed by atoms with Crippen LogP contribution in [0.2, 0.25) is 0 Å². The number of carbonyl (C=O) groups excluding carboxylic acids is 1. The van der Waals surface area contributed by atoms with Crippen molar-refractivity contribution in [2.75, 3.05) is 73.1 Å². The number of anilines is 3. The summed E-state index contributed by atoms with van der Waals surface area (Å²) in [7, 11) is -3.48. The minimum Gasteiger partial charge on any atom is -0.475 e. The standard InChI is InChI=1S/C24H33N5O3S.C2HF3O2/c1-18-5-4-6-22(19(18)2)28-13-15-29(16-14-28)24(30)20-7-8-23(27-11-9-25-10-12-27)21(17-20)26-33(3,31)32;3-2(4,5)1(6)7/h4-8,17,25-26H,9-16H2,1-3H3;(H,6,7). The lowest BCUT2D eigenvalue weighted by atomic mass is 10.1. The van der Waals surface area contributed by atoms with Crippen molar-refractivity contribution in [3.63, 3.8) is 0 Å². The number of nitrogens with zero attached hydrogens (tertiary/aromatic N) is 3. The van der Waals surface area contributed by atoms with Crippen LogP contribution in [-0.2, 0) is 14.8 Å². The third-order valence-corrected chi connectivity index (χ3v) is 7.31. The fraction of sp³-hybridized carbons (Fsp3) is 0.462. The van der Waals surface area contributed by atoms with Gasteiger partial charge >= 0.3 is 12.1 Å². The van der Waals surface area contributed by atoms with E-state index in [1.165, 1.54) is 16.8 Å². The first-order valence-electron chi connectivity index (χ1n) is 12.7. The molecule has 10 nitrogen and oxygen atoms in total. The lowest BCUT2D eigenvalue weighted by Crippen LogP contribution is -2.49. The molecule has 2 aromatic rings. The van der Waals surface area contributed by atoms with E-state index < -0.39 is 22.2 Å². The van der Waals surface area contributed by atoms with Gasteiger partial charge in [-0.15, -0.1) is 0 Å². The second kappa shape index (κ2) is 12.8. The van der Waals surface area contributed by atoms with E-state index in [0.717, 1.165) is 51.2 Å². The van der Waals surface area contributed by atoms with Gasteiger partial charge in [-0.25, -0.2) is 13.2 Å². The van der Waals surface area contributed by atoms with Gasteiger partial charge in [-0.3, -0.25) is 9.52 Å². The zero-order valence-electron chi connectivity index (χ0n) is 22.6. The summed E-state index contributed by atoms with van der Waals surface area (Å²) in [5.41, 5.74) is 5.53. The maximum absolute atomic E-state index is 13.3. The molecule has 2 aliphatic rings. The predicted octanol–water partition coefficient (Wildman–Crippen LogP) is 2.68. The van der Waals surface area contributed by atoms with Crippen molar-refractivity contribution in [2.24, 2.45) is 0 Å². The van der Waals surface area contributed by atoms with Crippen LogP contribution in [-0.4, -0.2) is 95.1 Å². The van der Waals surface area contributed by atoms with Crippen LogP contribution in [0, 0.1) is 13.8 Å². The highest BCUT2D eigenvalue weighted by molar-refractivity contribution is 7.92. The van der Waals surface area contributed by atoms with E-state index in [2.05, 4.69) is 51.9 Å². The maximum atomic E-state index is 13.3. The number of carboxylic acid groups (broad SMARTS) is 1. The topological polar surface area (TPSA) is 122 Å². The van der Waals surface area contributed by atoms with Gasteiger partial charge in [0.05, 0.1) is 17.6 Å². The first-order chi connectivity index (χ1) is 18.7. The molecule has 2 aliphatic heterocycles. The van der Waals surface area contributed by atoms with E-state index in [0.29, 0.717) is 24.3 Å². The third-order valence-electron chi connectivity index (χ3n) is 6.72. The molecule has 220 valence electrons. The maximum Gasteiger partial charge on any atom is 0.490 e. The van der Waals surface area contributed by atoms with Crippen LogP contribution in [0.1, 0.15) is 21.5 Å². The normalized spacial score (nSPS) is 16.2. The van der Waals surface area contributed by atoms with Gasteiger partial charge in [0.1, 0.15) is 0 Å². The van der Waals surface area contributed by atoms with Crippen LogP contribution in [0.25, 0.3) is 0 Å². The van der Waals surface area contributed by atoms with E-state index in [-0.39, 0.29) is 5.91 Å². The van der Waals surface area contributed by atoms with Gasteiger partial charge in [0.25, 0.3) is 5.91 Å². The molecule has 0 saturated carbocycles. The number of nitrogens with one attached hydrogen (secondary N) is 2. The number of aryl methyl sites for hydroxylation is 1. The zero-order valence-corrected chi connectivity index (χ0v) is 23.4. The summed E-state index contributed by atoms with van der Waals surface area (Å²) < 4.78 is 58.3. The highest BCUT2D eigenvalue weighted by atomic mass is 32.2. The van der Waals surface area contributed by atoms with E-state index >= 15 is 0 Å². The van der Waals surface area contributed by atoms with Gasteiger partial charge in [-0.2, -0.15) is 13.2 Å². The number of alkyl halides is 3. The number of hydrogen-bond donors (Lipinski definition) is 3. The molecule has 2 aromatic carbocycles. The summed E-state index contributed by atoms with van der Waals surface area (Å²) in [4.78, 5) is 28.5. The summed E-state index contributed by atoms with van der Waals surface area (Å²) >= 11 is 0. The number of carbonyl (C=O) groups is 2. The molecule has 3 N–H and O–H groups in total. The van der Waals surface area contributed by atoms with Crippen LogP contribution in [0.5, 0.6) is 0 Å². The third kappa shape index (κ3) is 8.24. The van der Waals surface area contributed by atoms with E-state index in [4.69, 9.17) is 9.90 Å². The number of sulfonamides is 1. The molecule has 2 saturated heterocycles. The van der Waals surface area contributed by atoms with Crippen molar-refractivity contribution in [1.82, 2.24) is 10.2 Å². The molecule has 0 bridgehead atoms. The monoisotopic (exact) mass is 585 g/mol. The Balaban J connectivity index is 0.000000559. The number of hydrogen-bond acceptors (Lipinski definition) is 7. The average molecular weight is 586 g/mol. The average Bonchev–Trinajstić information content (AvgIpc) is 2.89. The van der Waals surface area contributed by atoms with Crippen molar-refractivity contribution >= 4 is 39.0 Å². The molecule has 4 rings (SSSR count). The van der Waals surface area contributed by atoms with Crippen LogP contribution in [0.3, 0.4) is 0 Å². The molecule has 0 radical (unpaired) electrons. The smallest absolute Gasteiger partial charge is 0.475 e. The van der Waals surface area contributed by atoms with Crippen LogP contribution in [0.4, 0.5) is 30.2 Å². The Kier molecular flexibility index (Phi) is 9.90. The predicted molar refractivity (Wildman–Crippen MR) is 148 cm³/mol. The van der Waals surface area contributed by atoms with Crippen molar-refractivity contribution in [1.29, 1.82) is 0 Å².